The van der Waals surface area contributed by atoms with Crippen LogP contribution in [0.25, 0.3) is 0 Å². The lowest BCUT2D eigenvalue weighted by molar-refractivity contribution is 0.0442. The van der Waals surface area contributed by atoms with E-state index >= 15 is 0 Å². The van der Waals surface area contributed by atoms with Crippen LogP contribution >= 0.6 is 0 Å². The zero-order chi connectivity index (χ0) is 10.6. The molecule has 1 aliphatic heterocycles. The van der Waals surface area contributed by atoms with Crippen LogP contribution in [0, 0.1) is 5.92 Å². The Kier molecular flexibility index (Phi) is 2.23. The van der Waals surface area contributed by atoms with Gasteiger partial charge in [-0.05, 0) is 52.4 Å². The topological polar surface area (TPSA) is 3.24 Å². The lowest BCUT2D eigenvalue weighted by atomic mass is 9.96. The highest BCUT2D eigenvalue weighted by Crippen LogP contribution is 2.55. The van der Waals surface area contributed by atoms with Crippen molar-refractivity contribution in [2.75, 3.05) is 0 Å². The Labute approximate surface area is 88.9 Å². The van der Waals surface area contributed by atoms with Gasteiger partial charge in [0.1, 0.15) is 0 Å². The molecule has 0 aromatic heterocycles. The summed E-state index contributed by atoms with van der Waals surface area (Å²) in [6.45, 7) is 11.9. The van der Waals surface area contributed by atoms with Crippen LogP contribution in [0.3, 0.4) is 0 Å². The van der Waals surface area contributed by atoms with Crippen LogP contribution in [0.5, 0.6) is 0 Å². The van der Waals surface area contributed by atoms with Gasteiger partial charge >= 0.3 is 0 Å². The Bertz CT molecular complexity index is 220. The van der Waals surface area contributed by atoms with Gasteiger partial charge in [-0.1, -0.05) is 13.8 Å². The zero-order valence-corrected chi connectivity index (χ0v) is 10.4. The maximum absolute atomic E-state index is 2.84. The van der Waals surface area contributed by atoms with Crippen LogP contribution in [-0.4, -0.2) is 22.0 Å². The SMILES string of the molecule is CC(C)C1CCC2(CC2)N1C(C)(C)C. The van der Waals surface area contributed by atoms with Crippen LogP contribution in [0.1, 0.15) is 60.3 Å². The minimum atomic E-state index is 0.363. The quantitative estimate of drug-likeness (QED) is 0.619. The van der Waals surface area contributed by atoms with Gasteiger partial charge in [-0.2, -0.15) is 0 Å². The fourth-order valence-electron chi connectivity index (χ4n) is 3.49. The highest BCUT2D eigenvalue weighted by molar-refractivity contribution is 5.13. The molecule has 82 valence electrons. The molecule has 1 nitrogen and oxygen atoms in total. The van der Waals surface area contributed by atoms with E-state index in [9.17, 15) is 0 Å². The number of nitrogens with zero attached hydrogens (tertiary/aromatic N) is 1. The van der Waals surface area contributed by atoms with Crippen LogP contribution < -0.4 is 0 Å². The average Bonchev–Trinajstić information content (AvgIpc) is 2.59. The maximum Gasteiger partial charge on any atom is 0.0219 e. The summed E-state index contributed by atoms with van der Waals surface area (Å²) in [7, 11) is 0. The summed E-state index contributed by atoms with van der Waals surface area (Å²) in [6, 6.07) is 0.831. The van der Waals surface area contributed by atoms with E-state index in [1.54, 1.807) is 0 Å². The molecule has 0 N–H and O–H groups in total. The predicted molar refractivity (Wildman–Crippen MR) is 61.4 cm³/mol. The molecular formula is C13H25N. The molecule has 14 heavy (non-hydrogen) atoms. The second kappa shape index (κ2) is 2.98. The van der Waals surface area contributed by atoms with Crippen molar-refractivity contribution in [1.82, 2.24) is 4.90 Å². The van der Waals surface area contributed by atoms with E-state index in [0.29, 0.717) is 11.1 Å². The van der Waals surface area contributed by atoms with E-state index in [-0.39, 0.29) is 0 Å². The third-order valence-electron chi connectivity index (χ3n) is 4.07. The smallest absolute Gasteiger partial charge is 0.0219 e. The molecule has 1 saturated heterocycles. The minimum Gasteiger partial charge on any atom is -0.290 e. The summed E-state index contributed by atoms with van der Waals surface area (Å²) in [5.74, 6) is 0.814. The Morgan fingerprint density at radius 2 is 1.71 bits per heavy atom. The molecule has 2 rings (SSSR count). The first-order valence-electron chi connectivity index (χ1n) is 6.16. The monoisotopic (exact) mass is 195 g/mol. The molecule has 1 aliphatic carbocycles. The highest BCUT2D eigenvalue weighted by atomic mass is 15.3. The predicted octanol–water partition coefficient (Wildman–Crippen LogP) is 3.44. The molecule has 0 amide bonds. The van der Waals surface area contributed by atoms with Crippen molar-refractivity contribution in [2.24, 2.45) is 5.92 Å². The first-order valence-corrected chi connectivity index (χ1v) is 6.16. The van der Waals surface area contributed by atoms with Crippen LogP contribution in [0.15, 0.2) is 0 Å². The fourth-order valence-corrected chi connectivity index (χ4v) is 3.49. The molecule has 1 spiro atoms. The van der Waals surface area contributed by atoms with Crippen molar-refractivity contribution in [2.45, 2.75) is 77.4 Å². The molecule has 0 bridgehead atoms. The van der Waals surface area contributed by atoms with Crippen LogP contribution in [-0.2, 0) is 0 Å². The van der Waals surface area contributed by atoms with Gasteiger partial charge in [-0.3, -0.25) is 4.90 Å². The standard InChI is InChI=1S/C13H25N/c1-10(2)11-6-7-13(8-9-13)14(11)12(3,4)5/h10-11H,6-9H2,1-5H3. The van der Waals surface area contributed by atoms with E-state index in [0.717, 1.165) is 12.0 Å². The van der Waals surface area contributed by atoms with Crippen molar-refractivity contribution in [3.63, 3.8) is 0 Å². The number of hydrogen-bond acceptors (Lipinski definition) is 1. The molecule has 1 saturated carbocycles. The van der Waals surface area contributed by atoms with Crippen LogP contribution in [0.2, 0.25) is 0 Å². The molecule has 1 heterocycles. The van der Waals surface area contributed by atoms with Crippen LogP contribution in [0.4, 0.5) is 0 Å². The Hall–Kier alpha value is -0.0400. The lowest BCUT2D eigenvalue weighted by Gasteiger charge is -2.43. The molecule has 0 aromatic carbocycles. The summed E-state index contributed by atoms with van der Waals surface area (Å²) in [5, 5.41) is 0. The van der Waals surface area contributed by atoms with Gasteiger partial charge in [0.05, 0.1) is 0 Å². The fraction of sp³-hybridized carbons (Fsp3) is 1.00. The van der Waals surface area contributed by atoms with Gasteiger partial charge in [0, 0.05) is 17.1 Å². The third kappa shape index (κ3) is 1.50. The Morgan fingerprint density at radius 1 is 1.14 bits per heavy atom. The van der Waals surface area contributed by atoms with E-state index in [4.69, 9.17) is 0 Å². The van der Waals surface area contributed by atoms with Gasteiger partial charge < -0.3 is 0 Å². The maximum atomic E-state index is 2.84. The first kappa shape index (κ1) is 10.5. The summed E-state index contributed by atoms with van der Waals surface area (Å²) >= 11 is 0. The van der Waals surface area contributed by atoms with Crippen molar-refractivity contribution in [1.29, 1.82) is 0 Å². The number of hydrogen-bond donors (Lipinski definition) is 0. The van der Waals surface area contributed by atoms with Gasteiger partial charge in [0.15, 0.2) is 0 Å². The second-order valence-electron chi connectivity index (χ2n) is 6.62. The van der Waals surface area contributed by atoms with E-state index < -0.39 is 0 Å². The number of rotatable bonds is 1. The van der Waals surface area contributed by atoms with Gasteiger partial charge in [-0.15, -0.1) is 0 Å². The van der Waals surface area contributed by atoms with Crippen molar-refractivity contribution in [3.05, 3.63) is 0 Å². The van der Waals surface area contributed by atoms with E-state index in [1.807, 2.05) is 0 Å². The van der Waals surface area contributed by atoms with Gasteiger partial charge in [0.25, 0.3) is 0 Å². The molecule has 2 aliphatic rings. The molecule has 0 radical (unpaired) electrons. The molecular weight excluding hydrogens is 170 g/mol. The lowest BCUT2D eigenvalue weighted by Crippen LogP contribution is -2.51. The summed E-state index contributed by atoms with van der Waals surface area (Å²) in [6.07, 6.45) is 5.78. The van der Waals surface area contributed by atoms with Crippen molar-refractivity contribution >= 4 is 0 Å². The normalized spacial score (nSPS) is 31.7. The minimum absolute atomic E-state index is 0.363. The molecule has 0 aromatic rings. The molecule has 2 fully saturated rings. The first-order chi connectivity index (χ1) is 6.37. The van der Waals surface area contributed by atoms with Gasteiger partial charge in [-0.25, -0.2) is 0 Å². The van der Waals surface area contributed by atoms with Gasteiger partial charge in [0.2, 0.25) is 0 Å². The summed E-state index contributed by atoms with van der Waals surface area (Å²) in [5.41, 5.74) is 0.995. The zero-order valence-electron chi connectivity index (χ0n) is 10.4. The Balaban J connectivity index is 2.22. The largest absolute Gasteiger partial charge is 0.290 e. The average molecular weight is 195 g/mol. The highest BCUT2D eigenvalue weighted by Gasteiger charge is 2.57. The van der Waals surface area contributed by atoms with E-state index in [1.165, 1.54) is 25.7 Å². The van der Waals surface area contributed by atoms with Crippen molar-refractivity contribution in [3.8, 4) is 0 Å². The molecule has 1 atom stereocenters. The van der Waals surface area contributed by atoms with E-state index in [2.05, 4.69) is 39.5 Å². The third-order valence-corrected chi connectivity index (χ3v) is 4.07. The Morgan fingerprint density at radius 3 is 2.07 bits per heavy atom. The van der Waals surface area contributed by atoms with Crippen molar-refractivity contribution < 1.29 is 0 Å². The number of likely N-dealkylation sites (tertiary alicyclic amines) is 1. The molecule has 1 unspecified atom stereocenters. The molecule has 1 heteroatoms. The summed E-state index contributed by atoms with van der Waals surface area (Å²) in [4.78, 5) is 2.84. The summed E-state index contributed by atoms with van der Waals surface area (Å²) < 4.78 is 0. The second-order valence-corrected chi connectivity index (χ2v) is 6.62.